The first-order chi connectivity index (χ1) is 26.8. The van der Waals surface area contributed by atoms with E-state index in [4.69, 9.17) is 4.74 Å². The number of aryl methyl sites for hydroxylation is 1. The Morgan fingerprint density at radius 2 is 1.58 bits per heavy atom. The van der Waals surface area contributed by atoms with Crippen LogP contribution in [-0.2, 0) is 35.1 Å². The zero-order valence-electron chi connectivity index (χ0n) is 32.7. The van der Waals surface area contributed by atoms with Crippen molar-refractivity contribution in [1.82, 2.24) is 30.7 Å². The predicted molar refractivity (Wildman–Crippen MR) is 201 cm³/mol. The Kier molecular flexibility index (Phi) is 13.5. The van der Waals surface area contributed by atoms with Crippen molar-refractivity contribution in [2.75, 3.05) is 25.5 Å². The number of nitrogens with zero attached hydrogens (tertiary/aromatic N) is 3. The number of benzene rings is 2. The van der Waals surface area contributed by atoms with Gasteiger partial charge < -0.3 is 46.0 Å². The number of hydrogen-bond acceptors (Lipinski definition) is 10. The first kappa shape index (κ1) is 42.9. The van der Waals surface area contributed by atoms with Gasteiger partial charge in [-0.25, -0.2) is 18.4 Å². The summed E-state index contributed by atoms with van der Waals surface area (Å²) in [5.74, 6) is -5.69. The molecule has 3 aliphatic heterocycles. The van der Waals surface area contributed by atoms with Crippen LogP contribution in [0.4, 0.5) is 19.3 Å². The highest BCUT2D eigenvalue weighted by Crippen LogP contribution is 2.28. The van der Waals surface area contributed by atoms with E-state index in [0.717, 1.165) is 22.6 Å². The highest BCUT2D eigenvalue weighted by molar-refractivity contribution is 5.95. The number of fused-ring (bicyclic) bond motifs is 2. The minimum Gasteiger partial charge on any atom is -0.459 e. The molecule has 0 aromatic heterocycles. The molecule has 0 bridgehead atoms. The van der Waals surface area contributed by atoms with E-state index in [9.17, 15) is 47.8 Å². The van der Waals surface area contributed by atoms with Crippen LogP contribution >= 0.6 is 0 Å². The first-order valence-corrected chi connectivity index (χ1v) is 18.9. The monoisotopic (exact) mass is 799 g/mol. The highest BCUT2D eigenvalue weighted by Gasteiger charge is 2.48. The van der Waals surface area contributed by atoms with Crippen LogP contribution in [0.1, 0.15) is 51.7 Å². The Morgan fingerprint density at radius 1 is 0.930 bits per heavy atom. The van der Waals surface area contributed by atoms with Gasteiger partial charge in [0.1, 0.15) is 54.2 Å². The summed E-state index contributed by atoms with van der Waals surface area (Å²) in [7, 11) is 1.37. The third kappa shape index (κ3) is 10.2. The summed E-state index contributed by atoms with van der Waals surface area (Å²) in [6.07, 6.45) is -4.70. The third-order valence-corrected chi connectivity index (χ3v) is 10.8. The van der Waals surface area contributed by atoms with Gasteiger partial charge in [-0.2, -0.15) is 0 Å². The summed E-state index contributed by atoms with van der Waals surface area (Å²) < 4.78 is 34.4. The number of ether oxygens (including phenoxy) is 1. The number of esters is 1. The molecule has 3 aliphatic rings. The van der Waals surface area contributed by atoms with Gasteiger partial charge in [0.05, 0.1) is 12.1 Å². The Morgan fingerprint density at radius 3 is 2.23 bits per heavy atom. The van der Waals surface area contributed by atoms with Crippen LogP contribution < -0.4 is 21.3 Å². The fraction of sp³-hybridized carbons (Fsp3) is 0.538. The van der Waals surface area contributed by atoms with Crippen molar-refractivity contribution in [2.24, 2.45) is 5.92 Å². The number of carbonyl (C=O) groups excluding carboxylic acids is 6. The third-order valence-electron chi connectivity index (χ3n) is 10.8. The van der Waals surface area contributed by atoms with E-state index in [1.807, 2.05) is 13.8 Å². The molecule has 310 valence electrons. The summed E-state index contributed by atoms with van der Waals surface area (Å²) in [6, 6.07) is 0.957. The highest BCUT2D eigenvalue weighted by atomic mass is 19.1. The normalized spacial score (nSPS) is 29.5. The molecule has 57 heavy (non-hydrogen) atoms. The molecule has 0 radical (unpaired) electrons. The Bertz CT molecular complexity index is 1830. The summed E-state index contributed by atoms with van der Waals surface area (Å²) in [5, 5.41) is 33.2. The first-order valence-electron chi connectivity index (χ1n) is 18.9. The predicted octanol–water partition coefficient (Wildman–Crippen LogP) is 0.778. The second-order valence-corrected chi connectivity index (χ2v) is 15.4. The summed E-state index contributed by atoms with van der Waals surface area (Å²) in [4.78, 5) is 85.9. The van der Waals surface area contributed by atoms with Crippen LogP contribution in [-0.4, -0.2) is 135 Å². The van der Waals surface area contributed by atoms with Gasteiger partial charge in [0, 0.05) is 38.3 Å². The van der Waals surface area contributed by atoms with Crippen LogP contribution in [0, 0.1) is 24.5 Å². The maximum absolute atomic E-state index is 14.3. The fourth-order valence-corrected chi connectivity index (χ4v) is 7.51. The van der Waals surface area contributed by atoms with Crippen molar-refractivity contribution in [3.05, 3.63) is 65.2 Å². The molecule has 3 fully saturated rings. The standard InChI is InChI=1S/C39H51F2N7O9/c1-19-7-9-27(10-8-19)43-39(56)44-29(14-24-12-25(40)15-26(41)13-24)34(51)45-32-23(5)57-38(55)31-11-20(2)17-47(31)35(52)21(3)42-33(50)22(4)46(6)36(53)30-16-28(49)18-48(30)37(32)54/h7-10,12-13,15,20-23,28-32,37,49,54H,11,14,16-18H2,1-6H3,(H,42,50)(H,45,51)(H2,43,44,56). The number of carbonyl (C=O) groups is 6. The molecule has 10 unspecified atom stereocenters. The molecule has 16 nitrogen and oxygen atoms in total. The van der Waals surface area contributed by atoms with Gasteiger partial charge in [0.2, 0.25) is 23.6 Å². The van der Waals surface area contributed by atoms with E-state index in [-0.39, 0.29) is 37.4 Å². The maximum atomic E-state index is 14.3. The number of cyclic esters (lactones) is 1. The van der Waals surface area contributed by atoms with E-state index in [2.05, 4.69) is 21.3 Å². The van der Waals surface area contributed by atoms with Gasteiger partial charge in [0.15, 0.2) is 0 Å². The lowest BCUT2D eigenvalue weighted by molar-refractivity contribution is -0.165. The second kappa shape index (κ2) is 17.9. The van der Waals surface area contributed by atoms with Gasteiger partial charge in [-0.05, 0) is 76.3 Å². The molecule has 6 N–H and O–H groups in total. The lowest BCUT2D eigenvalue weighted by Crippen LogP contribution is -2.63. The van der Waals surface area contributed by atoms with Crippen LogP contribution in [0.3, 0.4) is 0 Å². The Hall–Kier alpha value is -5.20. The number of aliphatic hydroxyl groups excluding tert-OH is 2. The molecule has 3 heterocycles. The van der Waals surface area contributed by atoms with E-state index in [1.54, 1.807) is 24.3 Å². The largest absolute Gasteiger partial charge is 0.459 e. The van der Waals surface area contributed by atoms with Crippen molar-refractivity contribution >= 4 is 41.3 Å². The molecular formula is C39H51F2N7O9. The maximum Gasteiger partial charge on any atom is 0.329 e. The van der Waals surface area contributed by atoms with Crippen molar-refractivity contribution in [2.45, 2.75) is 109 Å². The molecule has 2 aromatic carbocycles. The van der Waals surface area contributed by atoms with Gasteiger partial charge in [-0.3, -0.25) is 24.1 Å². The number of rotatable bonds is 6. The van der Waals surface area contributed by atoms with Crippen LogP contribution in [0.5, 0.6) is 0 Å². The number of likely N-dealkylation sites (N-methyl/N-ethyl adjacent to an activating group) is 1. The molecule has 5 rings (SSSR count). The van der Waals surface area contributed by atoms with Crippen LogP contribution in [0.2, 0.25) is 0 Å². The molecule has 2 aromatic rings. The van der Waals surface area contributed by atoms with Crippen molar-refractivity contribution in [3.63, 3.8) is 0 Å². The molecule has 0 aliphatic carbocycles. The SMILES string of the molecule is Cc1ccc(NC(=O)NC(Cc2cc(F)cc(F)c2)C(=O)NC2C(C)OC(=O)C3CC(C)CN3C(=O)C(C)NC(=O)C(C)N(C)C(=O)C3CC(O)CN3C2O)cc1. The van der Waals surface area contributed by atoms with Crippen molar-refractivity contribution in [3.8, 4) is 0 Å². The zero-order chi connectivity index (χ0) is 41.9. The molecule has 6 amide bonds. The Labute approximate surface area is 329 Å². The number of halogens is 2. The quantitative estimate of drug-likeness (QED) is 0.226. The number of nitrogens with one attached hydrogen (secondary N) is 4. The van der Waals surface area contributed by atoms with Gasteiger partial charge >= 0.3 is 12.0 Å². The van der Waals surface area contributed by atoms with Crippen LogP contribution in [0.25, 0.3) is 0 Å². The van der Waals surface area contributed by atoms with Crippen molar-refractivity contribution in [1.29, 1.82) is 0 Å². The number of amides is 6. The van der Waals surface area contributed by atoms with E-state index >= 15 is 0 Å². The number of hydrogen-bond donors (Lipinski definition) is 6. The van der Waals surface area contributed by atoms with Crippen LogP contribution in [0.15, 0.2) is 42.5 Å². The van der Waals surface area contributed by atoms with Gasteiger partial charge in [-0.15, -0.1) is 0 Å². The van der Waals surface area contributed by atoms with E-state index in [0.29, 0.717) is 11.8 Å². The number of aliphatic hydroxyl groups is 2. The minimum atomic E-state index is -1.83. The second-order valence-electron chi connectivity index (χ2n) is 15.4. The van der Waals surface area contributed by atoms with E-state index < -0.39 is 108 Å². The fourth-order valence-electron chi connectivity index (χ4n) is 7.51. The van der Waals surface area contributed by atoms with Gasteiger partial charge in [-0.1, -0.05) is 24.6 Å². The molecular weight excluding hydrogens is 748 g/mol. The van der Waals surface area contributed by atoms with Crippen molar-refractivity contribution < 1.29 is 52.5 Å². The molecule has 0 spiro atoms. The minimum absolute atomic E-state index is 0.00478. The number of anilines is 1. The van der Waals surface area contributed by atoms with E-state index in [1.165, 1.54) is 37.6 Å². The average Bonchev–Trinajstić information content (AvgIpc) is 3.74. The lowest BCUT2D eigenvalue weighted by Gasteiger charge is -2.39. The summed E-state index contributed by atoms with van der Waals surface area (Å²) in [5.41, 5.74) is 1.31. The molecule has 3 saturated heterocycles. The lowest BCUT2D eigenvalue weighted by atomic mass is 10.0. The summed E-state index contributed by atoms with van der Waals surface area (Å²) >= 11 is 0. The zero-order valence-corrected chi connectivity index (χ0v) is 32.7. The smallest absolute Gasteiger partial charge is 0.329 e. The number of urea groups is 1. The van der Waals surface area contributed by atoms with Gasteiger partial charge in [0.25, 0.3) is 0 Å². The molecule has 0 saturated carbocycles. The Balaban J connectivity index is 1.51. The molecule has 18 heteroatoms. The summed E-state index contributed by atoms with van der Waals surface area (Å²) in [6.45, 7) is 7.91. The molecule has 10 atom stereocenters. The average molecular weight is 800 g/mol. The topological polar surface area (TPSA) is 210 Å².